The van der Waals surface area contributed by atoms with Crippen LogP contribution in [0, 0.1) is 23.7 Å². The van der Waals surface area contributed by atoms with Gasteiger partial charge in [0.25, 0.3) is 0 Å². The highest BCUT2D eigenvalue weighted by Crippen LogP contribution is 2.43. The van der Waals surface area contributed by atoms with Gasteiger partial charge in [0.05, 0.1) is 55.3 Å². The summed E-state index contributed by atoms with van der Waals surface area (Å²) in [5.74, 6) is -2.64. The van der Waals surface area contributed by atoms with Crippen LogP contribution in [-0.2, 0) is 39.8 Å². The number of benzene rings is 1. The lowest BCUT2D eigenvalue weighted by atomic mass is 9.77. The zero-order valence-corrected chi connectivity index (χ0v) is 37.4. The first-order valence-electron chi connectivity index (χ1n) is 21.5. The smallest absolute Gasteiger partial charge is 0.311 e. The third-order valence-electron chi connectivity index (χ3n) is 13.6. The molecule has 0 saturated carbocycles. The number of aliphatic hydroxyl groups is 5. The van der Waals surface area contributed by atoms with E-state index in [4.69, 9.17) is 38.9 Å². The molecule has 0 aromatic heterocycles. The second-order valence-electron chi connectivity index (χ2n) is 18.3. The van der Waals surface area contributed by atoms with Crippen molar-refractivity contribution in [1.82, 2.24) is 5.32 Å². The van der Waals surface area contributed by atoms with E-state index in [0.717, 1.165) is 11.1 Å². The van der Waals surface area contributed by atoms with Gasteiger partial charge in [-0.1, -0.05) is 26.8 Å². The fourth-order valence-electron chi connectivity index (χ4n) is 9.82. The molecular formula is C44H76N2O13. The van der Waals surface area contributed by atoms with Crippen LogP contribution in [0.5, 0.6) is 5.75 Å². The Balaban J connectivity index is 1.78. The van der Waals surface area contributed by atoms with E-state index >= 15 is 0 Å². The molecule has 59 heavy (non-hydrogen) atoms. The summed E-state index contributed by atoms with van der Waals surface area (Å²) >= 11 is 0. The third-order valence-corrected chi connectivity index (χ3v) is 13.6. The van der Waals surface area contributed by atoms with Gasteiger partial charge >= 0.3 is 5.97 Å². The van der Waals surface area contributed by atoms with Crippen LogP contribution in [0.25, 0.3) is 0 Å². The van der Waals surface area contributed by atoms with Crippen LogP contribution >= 0.6 is 0 Å². The molecular weight excluding hydrogens is 764 g/mol. The summed E-state index contributed by atoms with van der Waals surface area (Å²) in [7, 11) is 3.16. The Labute approximate surface area is 351 Å². The van der Waals surface area contributed by atoms with Gasteiger partial charge in [0, 0.05) is 43.9 Å². The van der Waals surface area contributed by atoms with Crippen molar-refractivity contribution in [2.45, 2.75) is 186 Å². The van der Waals surface area contributed by atoms with E-state index < -0.39 is 96.0 Å². The summed E-state index contributed by atoms with van der Waals surface area (Å²) in [6, 6.07) is 5.07. The summed E-state index contributed by atoms with van der Waals surface area (Å²) in [5, 5.41) is 61.0. The lowest BCUT2D eigenvalue weighted by molar-refractivity contribution is -0.312. The molecule has 0 aliphatic carbocycles. The van der Waals surface area contributed by atoms with E-state index in [1.54, 1.807) is 41.9 Å². The Bertz CT molecular complexity index is 1500. The fourth-order valence-corrected chi connectivity index (χ4v) is 9.82. The standard InChI is InChI=1S/C44H76N2O13/c1-13-35-44(10,52)38(49)26(5)46-21-23(2)18-42(8,51)39(59-41-34(48)17-31(27(6)56-41)32-16-30(53-11)15-14-29(32)20-45)24(3)37(25(4)40(50)57-35)58-36-19-43(9,54-12)33(22-47)28(7)55-36/h14-16,23-28,31,33-39,41,46-49,51-52H,13,17-22,45H2,1-12H3/t23-,24+,25-,26-,27-,28+,31?,33?,34-,35-,36+,37+,38-,39-,41+,42-,43-,44-/m1/s1. The molecule has 0 spiro atoms. The van der Waals surface area contributed by atoms with Gasteiger partial charge in [-0.25, -0.2) is 0 Å². The molecule has 4 rings (SSSR count). The Morgan fingerprint density at radius 2 is 1.64 bits per heavy atom. The van der Waals surface area contributed by atoms with Crippen molar-refractivity contribution < 1.29 is 63.5 Å². The number of esters is 1. The normalized spacial score (nSPS) is 44.6. The van der Waals surface area contributed by atoms with Crippen LogP contribution in [-0.4, -0.2) is 137 Å². The minimum Gasteiger partial charge on any atom is -0.497 e. The number of hydrogen-bond donors (Lipinski definition) is 7. The van der Waals surface area contributed by atoms with Gasteiger partial charge in [-0.3, -0.25) is 4.79 Å². The highest BCUT2D eigenvalue weighted by Gasteiger charge is 2.52. The van der Waals surface area contributed by atoms with Gasteiger partial charge in [-0.15, -0.1) is 0 Å². The van der Waals surface area contributed by atoms with Gasteiger partial charge in [-0.2, -0.15) is 0 Å². The maximum atomic E-state index is 14.3. The van der Waals surface area contributed by atoms with Crippen molar-refractivity contribution in [3.05, 3.63) is 29.3 Å². The number of rotatable bonds is 10. The lowest BCUT2D eigenvalue weighted by Gasteiger charge is -2.49. The number of carbonyl (C=O) groups is 1. The molecule has 3 aliphatic rings. The molecule has 15 nitrogen and oxygen atoms in total. The Kier molecular flexibility index (Phi) is 17.2. The first-order valence-corrected chi connectivity index (χ1v) is 21.5. The number of nitrogens with one attached hydrogen (secondary N) is 1. The number of aliphatic hydroxyl groups excluding tert-OH is 3. The maximum Gasteiger partial charge on any atom is 0.311 e. The largest absolute Gasteiger partial charge is 0.497 e. The number of methoxy groups -OCH3 is 2. The predicted octanol–water partition coefficient (Wildman–Crippen LogP) is 3.13. The van der Waals surface area contributed by atoms with Crippen LogP contribution in [0.1, 0.15) is 112 Å². The minimum atomic E-state index is -1.82. The molecule has 3 fully saturated rings. The van der Waals surface area contributed by atoms with Crippen molar-refractivity contribution in [1.29, 1.82) is 0 Å². The predicted molar refractivity (Wildman–Crippen MR) is 220 cm³/mol. The molecule has 3 saturated heterocycles. The molecule has 3 aliphatic heterocycles. The Hall–Kier alpha value is -1.99. The number of ether oxygens (including phenoxy) is 7. The average molecular weight is 841 g/mol. The maximum absolute atomic E-state index is 14.3. The first-order chi connectivity index (χ1) is 27.6. The summed E-state index contributed by atoms with van der Waals surface area (Å²) in [5.41, 5.74) is 3.68. The third kappa shape index (κ3) is 11.2. The molecule has 0 radical (unpaired) electrons. The topological polar surface area (TPSA) is 221 Å². The summed E-state index contributed by atoms with van der Waals surface area (Å²) in [6.45, 7) is 18.2. The van der Waals surface area contributed by atoms with Crippen molar-refractivity contribution >= 4 is 5.97 Å². The molecule has 0 bridgehead atoms. The Morgan fingerprint density at radius 3 is 2.24 bits per heavy atom. The van der Waals surface area contributed by atoms with E-state index in [1.807, 2.05) is 52.8 Å². The molecule has 3 heterocycles. The highest BCUT2D eigenvalue weighted by atomic mass is 16.7. The highest BCUT2D eigenvalue weighted by molar-refractivity contribution is 5.73. The number of cyclic esters (lactones) is 1. The molecule has 8 N–H and O–H groups in total. The van der Waals surface area contributed by atoms with Crippen LogP contribution in [0.3, 0.4) is 0 Å². The van der Waals surface area contributed by atoms with E-state index in [2.05, 4.69) is 5.32 Å². The van der Waals surface area contributed by atoms with Crippen LogP contribution < -0.4 is 15.8 Å². The molecule has 340 valence electrons. The van der Waals surface area contributed by atoms with Crippen molar-refractivity contribution in [2.75, 3.05) is 27.4 Å². The van der Waals surface area contributed by atoms with E-state index in [0.29, 0.717) is 12.3 Å². The summed E-state index contributed by atoms with van der Waals surface area (Å²) in [4.78, 5) is 14.3. The van der Waals surface area contributed by atoms with Crippen molar-refractivity contribution in [3.63, 3.8) is 0 Å². The van der Waals surface area contributed by atoms with E-state index in [9.17, 15) is 30.3 Å². The SMILES string of the molecule is CC[C@H]1OC(=O)[C@H](C)[C@@H](O[C@H]2C[C@@](C)(OC)C(CO)[C@H](C)O2)[C@H](C)[C@@H](O[C@@H]2O[C@H](C)C(c3cc(OC)ccc3CN)C[C@H]2O)[C@](C)(O)C[C@@H](C)CN[C@H](C)[C@@H](O)[C@]1(C)O. The molecule has 2 unspecified atom stereocenters. The second kappa shape index (κ2) is 20.5. The molecule has 1 aromatic carbocycles. The fraction of sp³-hybridized carbons (Fsp3) is 0.841. The van der Waals surface area contributed by atoms with Crippen LogP contribution in [0.2, 0.25) is 0 Å². The molecule has 15 heteroatoms. The first kappa shape index (κ1) is 49.7. The quantitative estimate of drug-likeness (QED) is 0.168. The Morgan fingerprint density at radius 1 is 0.966 bits per heavy atom. The zero-order chi connectivity index (χ0) is 44.2. The van der Waals surface area contributed by atoms with E-state index in [1.165, 1.54) is 6.92 Å². The average Bonchev–Trinajstić information content (AvgIpc) is 3.19. The van der Waals surface area contributed by atoms with Crippen molar-refractivity contribution in [3.8, 4) is 5.75 Å². The van der Waals surface area contributed by atoms with Gasteiger partial charge < -0.3 is 69.7 Å². The van der Waals surface area contributed by atoms with Crippen LogP contribution in [0.15, 0.2) is 18.2 Å². The number of carbonyl (C=O) groups excluding carboxylic acids is 1. The summed E-state index contributed by atoms with van der Waals surface area (Å²) < 4.78 is 43.9. The number of nitrogens with two attached hydrogens (primary N) is 1. The lowest BCUT2D eigenvalue weighted by Crippen LogP contribution is -2.59. The van der Waals surface area contributed by atoms with Gasteiger partial charge in [-0.05, 0) is 103 Å². The van der Waals surface area contributed by atoms with Crippen molar-refractivity contribution in [2.24, 2.45) is 29.4 Å². The molecule has 0 amide bonds. The zero-order valence-electron chi connectivity index (χ0n) is 37.4. The van der Waals surface area contributed by atoms with Gasteiger partial charge in [0.15, 0.2) is 12.6 Å². The molecule has 18 atom stereocenters. The van der Waals surface area contributed by atoms with Gasteiger partial charge in [0.1, 0.15) is 29.7 Å². The number of hydrogen-bond acceptors (Lipinski definition) is 15. The molecule has 1 aromatic rings. The second-order valence-corrected chi connectivity index (χ2v) is 18.3. The minimum absolute atomic E-state index is 0.177. The van der Waals surface area contributed by atoms with Gasteiger partial charge in [0.2, 0.25) is 0 Å². The van der Waals surface area contributed by atoms with E-state index in [-0.39, 0.29) is 56.6 Å². The summed E-state index contributed by atoms with van der Waals surface area (Å²) in [6.07, 6.45) is -7.78. The monoisotopic (exact) mass is 841 g/mol. The van der Waals surface area contributed by atoms with Crippen LogP contribution in [0.4, 0.5) is 0 Å².